The number of aliphatic hydroxyl groups is 1. The molecule has 1 amide bonds. The van der Waals surface area contributed by atoms with Crippen LogP contribution in [0.5, 0.6) is 0 Å². The van der Waals surface area contributed by atoms with E-state index in [0.29, 0.717) is 25.5 Å². The summed E-state index contributed by atoms with van der Waals surface area (Å²) in [6, 6.07) is 0. The first-order valence-electron chi connectivity index (χ1n) is 6.52. The van der Waals surface area contributed by atoms with E-state index in [1.807, 2.05) is 0 Å². The van der Waals surface area contributed by atoms with Gasteiger partial charge in [0.2, 0.25) is 0 Å². The number of hydrogen-bond donors (Lipinski definition) is 2. The molecule has 98 valence electrons. The largest absolute Gasteiger partial charge is 0.378 e. The van der Waals surface area contributed by atoms with Crippen molar-refractivity contribution in [1.82, 2.24) is 5.32 Å². The SMILES string of the molecule is CC(C)(CNC(=O)[C@]1(O)CCOC1)C1CCC1. The van der Waals surface area contributed by atoms with E-state index in [1.54, 1.807) is 0 Å². The second-order valence-corrected chi connectivity index (χ2v) is 6.13. The van der Waals surface area contributed by atoms with E-state index >= 15 is 0 Å². The fourth-order valence-electron chi connectivity index (χ4n) is 2.54. The Kier molecular flexibility index (Phi) is 3.46. The maximum absolute atomic E-state index is 11.9. The minimum absolute atomic E-state index is 0.128. The highest BCUT2D eigenvalue weighted by Crippen LogP contribution is 2.41. The third kappa shape index (κ3) is 2.63. The molecule has 0 unspecified atom stereocenters. The summed E-state index contributed by atoms with van der Waals surface area (Å²) in [4.78, 5) is 11.9. The highest BCUT2D eigenvalue weighted by molar-refractivity contribution is 5.85. The Morgan fingerprint density at radius 3 is 2.71 bits per heavy atom. The highest BCUT2D eigenvalue weighted by Gasteiger charge is 2.41. The second kappa shape index (κ2) is 4.58. The van der Waals surface area contributed by atoms with Gasteiger partial charge in [0.25, 0.3) is 5.91 Å². The van der Waals surface area contributed by atoms with Gasteiger partial charge in [-0.1, -0.05) is 20.3 Å². The molecule has 0 radical (unpaired) electrons. The van der Waals surface area contributed by atoms with E-state index in [-0.39, 0.29) is 17.9 Å². The predicted octanol–water partition coefficient (Wildman–Crippen LogP) is 1.08. The van der Waals surface area contributed by atoms with Gasteiger partial charge in [-0.05, 0) is 24.2 Å². The Bertz CT molecular complexity index is 291. The number of ether oxygens (including phenoxy) is 1. The van der Waals surface area contributed by atoms with E-state index in [1.165, 1.54) is 19.3 Å². The summed E-state index contributed by atoms with van der Waals surface area (Å²) in [5.41, 5.74) is -1.17. The molecule has 0 bridgehead atoms. The summed E-state index contributed by atoms with van der Waals surface area (Å²) in [6.45, 7) is 5.61. The van der Waals surface area contributed by atoms with Crippen molar-refractivity contribution in [3.05, 3.63) is 0 Å². The standard InChI is InChI=1S/C13H23NO3/c1-12(2,10-4-3-5-10)8-14-11(15)13(16)6-7-17-9-13/h10,16H,3-9H2,1-2H3,(H,14,15)/t13-/m0/s1. The number of carbonyl (C=O) groups excluding carboxylic acids is 1. The van der Waals surface area contributed by atoms with Crippen molar-refractivity contribution in [3.8, 4) is 0 Å². The second-order valence-electron chi connectivity index (χ2n) is 6.13. The lowest BCUT2D eigenvalue weighted by molar-refractivity contribution is -0.140. The molecule has 0 aromatic rings. The van der Waals surface area contributed by atoms with Gasteiger partial charge in [0.1, 0.15) is 0 Å². The van der Waals surface area contributed by atoms with Gasteiger partial charge < -0.3 is 15.2 Å². The van der Waals surface area contributed by atoms with Crippen LogP contribution in [0.15, 0.2) is 0 Å². The normalized spacial score (nSPS) is 30.1. The quantitative estimate of drug-likeness (QED) is 0.774. The molecule has 1 aliphatic heterocycles. The van der Waals surface area contributed by atoms with Crippen LogP contribution < -0.4 is 5.32 Å². The van der Waals surface area contributed by atoms with Gasteiger partial charge in [-0.3, -0.25) is 4.79 Å². The van der Waals surface area contributed by atoms with Crippen molar-refractivity contribution in [2.24, 2.45) is 11.3 Å². The predicted molar refractivity (Wildman–Crippen MR) is 64.5 cm³/mol. The smallest absolute Gasteiger partial charge is 0.254 e. The molecule has 0 aromatic carbocycles. The Labute approximate surface area is 103 Å². The third-order valence-corrected chi connectivity index (χ3v) is 4.34. The zero-order valence-corrected chi connectivity index (χ0v) is 10.8. The van der Waals surface area contributed by atoms with Crippen LogP contribution in [0.4, 0.5) is 0 Å². The number of rotatable bonds is 4. The molecule has 0 aromatic heterocycles. The van der Waals surface area contributed by atoms with Gasteiger partial charge in [0.15, 0.2) is 5.60 Å². The summed E-state index contributed by atoms with van der Waals surface area (Å²) in [6.07, 6.45) is 4.23. The topological polar surface area (TPSA) is 58.6 Å². The number of amides is 1. The summed E-state index contributed by atoms with van der Waals surface area (Å²) in [5.74, 6) is 0.430. The molecule has 1 heterocycles. The molecule has 1 aliphatic carbocycles. The molecule has 0 spiro atoms. The molecule has 4 nitrogen and oxygen atoms in total. The van der Waals surface area contributed by atoms with Crippen LogP contribution in [0.2, 0.25) is 0 Å². The zero-order chi connectivity index (χ0) is 12.5. The van der Waals surface area contributed by atoms with E-state index in [9.17, 15) is 9.90 Å². The van der Waals surface area contributed by atoms with Crippen molar-refractivity contribution in [3.63, 3.8) is 0 Å². The van der Waals surface area contributed by atoms with Gasteiger partial charge >= 0.3 is 0 Å². The fraction of sp³-hybridized carbons (Fsp3) is 0.923. The number of nitrogens with one attached hydrogen (secondary N) is 1. The molecule has 17 heavy (non-hydrogen) atoms. The first-order chi connectivity index (χ1) is 7.94. The van der Waals surface area contributed by atoms with Crippen molar-refractivity contribution in [2.75, 3.05) is 19.8 Å². The van der Waals surface area contributed by atoms with E-state index in [2.05, 4.69) is 19.2 Å². The van der Waals surface area contributed by atoms with Crippen LogP contribution in [0, 0.1) is 11.3 Å². The average Bonchev–Trinajstić information content (AvgIpc) is 2.59. The van der Waals surface area contributed by atoms with E-state index in [4.69, 9.17) is 4.74 Å². The molecule has 1 atom stereocenters. The third-order valence-electron chi connectivity index (χ3n) is 4.34. The first-order valence-corrected chi connectivity index (χ1v) is 6.52. The van der Waals surface area contributed by atoms with Crippen molar-refractivity contribution in [1.29, 1.82) is 0 Å². The molecule has 2 rings (SSSR count). The van der Waals surface area contributed by atoms with Crippen LogP contribution in [0.25, 0.3) is 0 Å². The van der Waals surface area contributed by atoms with Crippen LogP contribution in [0.1, 0.15) is 39.5 Å². The van der Waals surface area contributed by atoms with Crippen LogP contribution in [-0.2, 0) is 9.53 Å². The monoisotopic (exact) mass is 241 g/mol. The Balaban J connectivity index is 1.82. The van der Waals surface area contributed by atoms with Gasteiger partial charge in [-0.25, -0.2) is 0 Å². The Hall–Kier alpha value is -0.610. The minimum Gasteiger partial charge on any atom is -0.378 e. The van der Waals surface area contributed by atoms with Crippen molar-refractivity contribution in [2.45, 2.75) is 45.1 Å². The first kappa shape index (κ1) is 12.8. The van der Waals surface area contributed by atoms with Crippen LogP contribution >= 0.6 is 0 Å². The lowest BCUT2D eigenvalue weighted by atomic mass is 9.67. The maximum atomic E-state index is 11.9. The summed E-state index contributed by atoms with van der Waals surface area (Å²) in [7, 11) is 0. The molecule has 2 fully saturated rings. The molecule has 2 aliphatic rings. The fourth-order valence-corrected chi connectivity index (χ4v) is 2.54. The van der Waals surface area contributed by atoms with Crippen molar-refractivity contribution < 1.29 is 14.6 Å². The van der Waals surface area contributed by atoms with E-state index in [0.717, 1.165) is 0 Å². The molecular formula is C13H23NO3. The average molecular weight is 241 g/mol. The number of carbonyl (C=O) groups is 1. The van der Waals surface area contributed by atoms with Crippen LogP contribution in [-0.4, -0.2) is 36.4 Å². The molecule has 4 heteroatoms. The van der Waals surface area contributed by atoms with Gasteiger partial charge in [-0.15, -0.1) is 0 Å². The molecule has 1 saturated heterocycles. The maximum Gasteiger partial charge on any atom is 0.254 e. The molecule has 1 saturated carbocycles. The zero-order valence-electron chi connectivity index (χ0n) is 10.8. The molecular weight excluding hydrogens is 218 g/mol. The Morgan fingerprint density at radius 1 is 1.53 bits per heavy atom. The number of hydrogen-bond acceptors (Lipinski definition) is 3. The van der Waals surface area contributed by atoms with Gasteiger partial charge in [0.05, 0.1) is 13.2 Å². The lowest BCUT2D eigenvalue weighted by Crippen LogP contribution is -2.51. The van der Waals surface area contributed by atoms with Crippen molar-refractivity contribution >= 4 is 5.91 Å². The summed E-state index contributed by atoms with van der Waals surface area (Å²) in [5, 5.41) is 12.9. The minimum atomic E-state index is -1.30. The van der Waals surface area contributed by atoms with E-state index < -0.39 is 5.60 Å². The lowest BCUT2D eigenvalue weighted by Gasteiger charge is -2.40. The van der Waals surface area contributed by atoms with Gasteiger partial charge in [-0.2, -0.15) is 0 Å². The van der Waals surface area contributed by atoms with Crippen LogP contribution in [0.3, 0.4) is 0 Å². The summed E-state index contributed by atoms with van der Waals surface area (Å²) >= 11 is 0. The van der Waals surface area contributed by atoms with Gasteiger partial charge in [0, 0.05) is 13.0 Å². The summed E-state index contributed by atoms with van der Waals surface area (Å²) < 4.78 is 5.08. The molecule has 2 N–H and O–H groups in total. The highest BCUT2D eigenvalue weighted by atomic mass is 16.5. The Morgan fingerprint density at radius 2 is 2.24 bits per heavy atom.